The number of benzene rings is 2. The zero-order valence-corrected chi connectivity index (χ0v) is 14.0. The third kappa shape index (κ3) is 4.33. The van der Waals surface area contributed by atoms with Crippen molar-refractivity contribution < 1.29 is 9.53 Å². The Balaban J connectivity index is 1.79. The van der Waals surface area contributed by atoms with Crippen LogP contribution in [0.5, 0.6) is 0 Å². The largest absolute Gasteiger partial charge is 0.462 e. The van der Waals surface area contributed by atoms with Crippen LogP contribution in [0.2, 0.25) is 0 Å². The average molecular weight is 321 g/mol. The molecule has 0 radical (unpaired) electrons. The number of hydrogen-bond acceptors (Lipinski definition) is 3. The quantitative estimate of drug-likeness (QED) is 0.596. The van der Waals surface area contributed by atoms with E-state index in [-0.39, 0.29) is 12.0 Å². The molecule has 124 valence electrons. The Kier molecular flexibility index (Phi) is 5.44. The summed E-state index contributed by atoms with van der Waals surface area (Å²) in [5, 5.41) is 0. The third-order valence-corrected chi connectivity index (χ3v) is 4.34. The molecule has 1 fully saturated rings. The normalized spacial score (nSPS) is 17.2. The average Bonchev–Trinajstić information content (AvgIpc) is 3.01. The zero-order chi connectivity index (χ0) is 16.8. The summed E-state index contributed by atoms with van der Waals surface area (Å²) < 4.78 is 5.06. The molecule has 1 aliphatic rings. The van der Waals surface area contributed by atoms with Crippen molar-refractivity contribution in [3.63, 3.8) is 0 Å². The zero-order valence-electron chi connectivity index (χ0n) is 14.0. The van der Waals surface area contributed by atoms with Gasteiger partial charge in [0.2, 0.25) is 0 Å². The van der Waals surface area contributed by atoms with Crippen LogP contribution in [0, 0.1) is 0 Å². The van der Waals surface area contributed by atoms with Crippen molar-refractivity contribution in [2.75, 3.05) is 6.61 Å². The molecule has 24 heavy (non-hydrogen) atoms. The van der Waals surface area contributed by atoms with E-state index in [4.69, 9.17) is 4.74 Å². The van der Waals surface area contributed by atoms with E-state index in [2.05, 4.69) is 66.4 Å². The summed E-state index contributed by atoms with van der Waals surface area (Å²) in [5.41, 5.74) is 3.34. The van der Waals surface area contributed by atoms with Gasteiger partial charge in [-0.25, -0.2) is 4.79 Å². The van der Waals surface area contributed by atoms with Gasteiger partial charge in [0.15, 0.2) is 0 Å². The number of hydrogen-bond donors (Lipinski definition) is 0. The maximum Gasteiger partial charge on any atom is 0.333 e. The van der Waals surface area contributed by atoms with E-state index < -0.39 is 0 Å². The first kappa shape index (κ1) is 16.5. The molecule has 2 aromatic carbocycles. The lowest BCUT2D eigenvalue weighted by Crippen LogP contribution is -2.31. The second-order valence-corrected chi connectivity index (χ2v) is 6.19. The molecule has 1 aliphatic heterocycles. The molecule has 1 atom stereocenters. The van der Waals surface area contributed by atoms with Gasteiger partial charge in [0.05, 0.1) is 6.61 Å². The van der Waals surface area contributed by atoms with E-state index in [1.807, 2.05) is 12.1 Å². The van der Waals surface area contributed by atoms with Crippen molar-refractivity contribution in [3.05, 3.63) is 83.4 Å². The summed E-state index contributed by atoms with van der Waals surface area (Å²) in [4.78, 5) is 14.1. The summed E-state index contributed by atoms with van der Waals surface area (Å²) in [7, 11) is 0. The molecule has 3 heteroatoms. The molecular formula is C21H23NO2. The molecule has 0 amide bonds. The molecule has 3 nitrogen and oxygen atoms in total. The molecule has 0 spiro atoms. The SMILES string of the molecule is CC(/C=C1\CCOC1=O)N(Cc1ccccc1)Cc1ccccc1. The number of ether oxygens (including phenoxy) is 1. The van der Waals surface area contributed by atoms with Crippen LogP contribution in [0.4, 0.5) is 0 Å². The second-order valence-electron chi connectivity index (χ2n) is 6.19. The van der Waals surface area contributed by atoms with Crippen molar-refractivity contribution >= 4 is 5.97 Å². The topological polar surface area (TPSA) is 29.5 Å². The highest BCUT2D eigenvalue weighted by molar-refractivity contribution is 5.90. The minimum Gasteiger partial charge on any atom is -0.462 e. The minimum atomic E-state index is -0.166. The molecule has 0 N–H and O–H groups in total. The highest BCUT2D eigenvalue weighted by Gasteiger charge is 2.21. The Morgan fingerprint density at radius 3 is 2.00 bits per heavy atom. The van der Waals surface area contributed by atoms with Gasteiger partial charge >= 0.3 is 5.97 Å². The fourth-order valence-corrected chi connectivity index (χ4v) is 2.98. The molecule has 0 aliphatic carbocycles. The summed E-state index contributed by atoms with van der Waals surface area (Å²) >= 11 is 0. The van der Waals surface area contributed by atoms with Crippen LogP contribution in [0.1, 0.15) is 24.5 Å². The van der Waals surface area contributed by atoms with Crippen molar-refractivity contribution in [3.8, 4) is 0 Å². The van der Waals surface area contributed by atoms with Crippen LogP contribution in [-0.4, -0.2) is 23.5 Å². The smallest absolute Gasteiger partial charge is 0.333 e. The predicted molar refractivity (Wildman–Crippen MR) is 95.3 cm³/mol. The Labute approximate surface area is 143 Å². The number of esters is 1. The molecular weight excluding hydrogens is 298 g/mol. The first-order valence-electron chi connectivity index (χ1n) is 8.42. The fourth-order valence-electron chi connectivity index (χ4n) is 2.98. The van der Waals surface area contributed by atoms with Crippen molar-refractivity contribution in [1.29, 1.82) is 0 Å². The van der Waals surface area contributed by atoms with Crippen molar-refractivity contribution in [1.82, 2.24) is 4.90 Å². The predicted octanol–water partition coefficient (Wildman–Crippen LogP) is 3.95. The summed E-state index contributed by atoms with van der Waals surface area (Å²) in [6.07, 6.45) is 2.77. The van der Waals surface area contributed by atoms with Gasteiger partial charge in [-0.1, -0.05) is 66.7 Å². The van der Waals surface area contributed by atoms with E-state index in [0.29, 0.717) is 13.0 Å². The van der Waals surface area contributed by atoms with E-state index >= 15 is 0 Å². The lowest BCUT2D eigenvalue weighted by Gasteiger charge is -2.27. The number of rotatable bonds is 6. The van der Waals surface area contributed by atoms with Crippen LogP contribution in [-0.2, 0) is 22.6 Å². The van der Waals surface area contributed by atoms with Gasteiger partial charge in [-0.2, -0.15) is 0 Å². The number of nitrogens with zero attached hydrogens (tertiary/aromatic N) is 1. The third-order valence-electron chi connectivity index (χ3n) is 4.34. The number of carbonyl (C=O) groups excluding carboxylic acids is 1. The molecule has 1 saturated heterocycles. The summed E-state index contributed by atoms with van der Waals surface area (Å²) in [6, 6.07) is 21.0. The van der Waals surface area contributed by atoms with Crippen LogP contribution in [0.25, 0.3) is 0 Å². The first-order chi connectivity index (χ1) is 11.7. The Bertz CT molecular complexity index is 653. The van der Waals surface area contributed by atoms with Gasteiger partial charge in [0.1, 0.15) is 0 Å². The lowest BCUT2D eigenvalue weighted by molar-refractivity contribution is -0.135. The van der Waals surface area contributed by atoms with Crippen LogP contribution < -0.4 is 0 Å². The van der Waals surface area contributed by atoms with Gasteiger partial charge in [-0.3, -0.25) is 4.90 Å². The monoisotopic (exact) mass is 321 g/mol. The van der Waals surface area contributed by atoms with Crippen LogP contribution >= 0.6 is 0 Å². The molecule has 3 rings (SSSR count). The summed E-state index contributed by atoms with van der Waals surface area (Å²) in [6.45, 7) is 4.34. The van der Waals surface area contributed by atoms with Gasteiger partial charge in [-0.15, -0.1) is 0 Å². The standard InChI is InChI=1S/C21H23NO2/c1-17(14-20-12-13-24-21(20)23)22(15-18-8-4-2-5-9-18)16-19-10-6-3-7-11-19/h2-11,14,17H,12-13,15-16H2,1H3/b20-14+. The lowest BCUT2D eigenvalue weighted by atomic mass is 10.1. The Morgan fingerprint density at radius 2 is 1.54 bits per heavy atom. The van der Waals surface area contributed by atoms with E-state index in [9.17, 15) is 4.79 Å². The van der Waals surface area contributed by atoms with E-state index in [0.717, 1.165) is 18.7 Å². The van der Waals surface area contributed by atoms with Crippen LogP contribution in [0.3, 0.4) is 0 Å². The van der Waals surface area contributed by atoms with Gasteiger partial charge < -0.3 is 4.74 Å². The Hall–Kier alpha value is -2.39. The summed E-state index contributed by atoms with van der Waals surface area (Å²) in [5.74, 6) is -0.166. The highest BCUT2D eigenvalue weighted by Crippen LogP contribution is 2.19. The fraction of sp³-hybridized carbons (Fsp3) is 0.286. The molecule has 0 saturated carbocycles. The van der Waals surface area contributed by atoms with Gasteiger partial charge in [0, 0.05) is 31.1 Å². The number of cyclic esters (lactones) is 1. The maximum absolute atomic E-state index is 11.7. The molecule has 0 bridgehead atoms. The molecule has 1 unspecified atom stereocenters. The maximum atomic E-state index is 11.7. The van der Waals surface area contributed by atoms with Crippen molar-refractivity contribution in [2.45, 2.75) is 32.5 Å². The van der Waals surface area contributed by atoms with E-state index in [1.165, 1.54) is 11.1 Å². The highest BCUT2D eigenvalue weighted by atomic mass is 16.5. The minimum absolute atomic E-state index is 0.158. The molecule has 0 aromatic heterocycles. The number of carbonyl (C=O) groups is 1. The Morgan fingerprint density at radius 1 is 1.00 bits per heavy atom. The van der Waals surface area contributed by atoms with Gasteiger partial charge in [-0.05, 0) is 18.1 Å². The molecule has 2 aromatic rings. The molecule has 1 heterocycles. The van der Waals surface area contributed by atoms with Crippen LogP contribution in [0.15, 0.2) is 72.3 Å². The van der Waals surface area contributed by atoms with Crippen molar-refractivity contribution in [2.24, 2.45) is 0 Å². The van der Waals surface area contributed by atoms with Gasteiger partial charge in [0.25, 0.3) is 0 Å². The first-order valence-corrected chi connectivity index (χ1v) is 8.42. The van der Waals surface area contributed by atoms with E-state index in [1.54, 1.807) is 0 Å². The second kappa shape index (κ2) is 7.93.